The molecule has 5 heteroatoms. The maximum Gasteiger partial charge on any atom is 0.377 e. The van der Waals surface area contributed by atoms with Gasteiger partial charge in [-0.2, -0.15) is 10.1 Å². The third-order valence-corrected chi connectivity index (χ3v) is 2.51. The van der Waals surface area contributed by atoms with E-state index in [4.69, 9.17) is 4.52 Å². The highest BCUT2D eigenvalue weighted by Gasteiger charge is 2.28. The van der Waals surface area contributed by atoms with Crippen molar-refractivity contribution in [1.82, 2.24) is 15.0 Å². The van der Waals surface area contributed by atoms with Crippen LogP contribution in [-0.4, -0.2) is 28.1 Å². The van der Waals surface area contributed by atoms with Crippen LogP contribution in [-0.2, 0) is 0 Å². The van der Waals surface area contributed by atoms with Gasteiger partial charge in [-0.15, -0.1) is 0 Å². The van der Waals surface area contributed by atoms with E-state index in [2.05, 4.69) is 22.0 Å². The molecule has 72 valence electrons. The van der Waals surface area contributed by atoms with Crippen LogP contribution >= 0.6 is 0 Å². The molecule has 1 aromatic rings. The highest BCUT2D eigenvalue weighted by Crippen LogP contribution is 2.29. The maximum absolute atomic E-state index is 10.8. The van der Waals surface area contributed by atoms with E-state index >= 15 is 0 Å². The second-order valence-corrected chi connectivity index (χ2v) is 3.25. The molecule has 1 aliphatic rings. The van der Waals surface area contributed by atoms with Gasteiger partial charge in [0, 0.05) is 0 Å². The summed E-state index contributed by atoms with van der Waals surface area (Å²) in [7, 11) is 0. The first-order chi connectivity index (χ1) is 6.31. The topological polar surface area (TPSA) is 62.1 Å². The summed E-state index contributed by atoms with van der Waals surface area (Å²) in [6, 6.07) is 0.198. The first-order valence-corrected chi connectivity index (χ1v) is 4.60. The van der Waals surface area contributed by atoms with Crippen LogP contribution in [0.25, 0.3) is 0 Å². The fourth-order valence-electron chi connectivity index (χ4n) is 1.87. The Labute approximate surface area is 75.7 Å². The molecule has 2 heterocycles. The minimum absolute atomic E-state index is 0.198. The fourth-order valence-corrected chi connectivity index (χ4v) is 1.87. The zero-order valence-corrected chi connectivity index (χ0v) is 7.62. The van der Waals surface area contributed by atoms with Crippen molar-refractivity contribution in [2.45, 2.75) is 25.8 Å². The number of rotatable bonds is 2. The van der Waals surface area contributed by atoms with Crippen LogP contribution in [0.4, 0.5) is 0 Å². The van der Waals surface area contributed by atoms with Gasteiger partial charge < -0.3 is 4.52 Å². The van der Waals surface area contributed by atoms with Gasteiger partial charge >= 0.3 is 5.69 Å². The molecule has 0 spiro atoms. The summed E-state index contributed by atoms with van der Waals surface area (Å²) in [5.74, 6) is 0.532. The van der Waals surface area contributed by atoms with E-state index in [0.717, 1.165) is 25.9 Å². The summed E-state index contributed by atoms with van der Waals surface area (Å²) in [5, 5.41) is 2.22. The van der Waals surface area contributed by atoms with Crippen LogP contribution in [0.2, 0.25) is 0 Å². The minimum atomic E-state index is -0.391. The molecule has 2 rings (SSSR count). The second-order valence-electron chi connectivity index (χ2n) is 3.25. The van der Waals surface area contributed by atoms with Crippen molar-refractivity contribution in [2.24, 2.45) is 0 Å². The molecular weight excluding hydrogens is 170 g/mol. The lowest BCUT2D eigenvalue weighted by molar-refractivity contribution is 0.217. The number of H-pyrrole nitrogens is 1. The standard InChI is InChI=1S/C8H13N3O2/c1-2-11-5-3-4-6(11)7-9-8(12)10-13-7/h6H,2-5H2,1H3,(H,10,12). The summed E-state index contributed by atoms with van der Waals surface area (Å²) >= 11 is 0. The van der Waals surface area contributed by atoms with Gasteiger partial charge in [0.2, 0.25) is 5.89 Å². The van der Waals surface area contributed by atoms with Gasteiger partial charge in [0.1, 0.15) is 0 Å². The monoisotopic (exact) mass is 183 g/mol. The Morgan fingerprint density at radius 2 is 2.62 bits per heavy atom. The summed E-state index contributed by atoms with van der Waals surface area (Å²) in [5.41, 5.74) is -0.391. The first-order valence-electron chi connectivity index (χ1n) is 4.60. The van der Waals surface area contributed by atoms with Gasteiger partial charge in [0.15, 0.2) is 0 Å². The Bertz CT molecular complexity index is 330. The van der Waals surface area contributed by atoms with E-state index in [9.17, 15) is 4.79 Å². The van der Waals surface area contributed by atoms with Crippen LogP contribution in [0.1, 0.15) is 31.7 Å². The smallest absolute Gasteiger partial charge is 0.360 e. The van der Waals surface area contributed by atoms with Gasteiger partial charge in [0.25, 0.3) is 0 Å². The van der Waals surface area contributed by atoms with E-state index in [-0.39, 0.29) is 6.04 Å². The van der Waals surface area contributed by atoms with Crippen molar-refractivity contribution in [2.75, 3.05) is 13.1 Å². The van der Waals surface area contributed by atoms with Gasteiger partial charge in [0.05, 0.1) is 6.04 Å². The minimum Gasteiger partial charge on any atom is -0.360 e. The zero-order chi connectivity index (χ0) is 9.26. The van der Waals surface area contributed by atoms with Gasteiger partial charge in [-0.1, -0.05) is 6.92 Å². The molecule has 13 heavy (non-hydrogen) atoms. The number of likely N-dealkylation sites (tertiary alicyclic amines) is 1. The molecule has 0 bridgehead atoms. The number of nitrogens with zero attached hydrogens (tertiary/aromatic N) is 2. The number of aromatic amines is 1. The molecule has 0 radical (unpaired) electrons. The fraction of sp³-hybridized carbons (Fsp3) is 0.750. The summed E-state index contributed by atoms with van der Waals surface area (Å²) in [6.07, 6.45) is 2.18. The van der Waals surface area contributed by atoms with E-state index < -0.39 is 5.69 Å². The number of aromatic nitrogens is 2. The lowest BCUT2D eigenvalue weighted by atomic mass is 10.2. The SMILES string of the molecule is CCN1CCCC1c1nc(=O)[nH]o1. The summed E-state index contributed by atoms with van der Waals surface area (Å²) < 4.78 is 4.99. The number of nitrogens with one attached hydrogen (secondary N) is 1. The van der Waals surface area contributed by atoms with E-state index in [1.54, 1.807) is 0 Å². The van der Waals surface area contributed by atoms with Gasteiger partial charge in [-0.3, -0.25) is 4.90 Å². The van der Waals surface area contributed by atoms with E-state index in [1.807, 2.05) is 0 Å². The predicted octanol–water partition coefficient (Wildman–Crippen LogP) is 0.520. The van der Waals surface area contributed by atoms with Crippen molar-refractivity contribution in [3.63, 3.8) is 0 Å². The summed E-state index contributed by atoms with van der Waals surface area (Å²) in [4.78, 5) is 16.8. The quantitative estimate of drug-likeness (QED) is 0.726. The lowest BCUT2D eigenvalue weighted by Crippen LogP contribution is -2.23. The van der Waals surface area contributed by atoms with Crippen molar-refractivity contribution >= 4 is 0 Å². The Hall–Kier alpha value is -1.10. The van der Waals surface area contributed by atoms with Crippen LogP contribution in [0.3, 0.4) is 0 Å². The third-order valence-electron chi connectivity index (χ3n) is 2.51. The third kappa shape index (κ3) is 1.51. The predicted molar refractivity (Wildman–Crippen MR) is 46.3 cm³/mol. The molecule has 1 saturated heterocycles. The Balaban J connectivity index is 2.20. The molecule has 5 nitrogen and oxygen atoms in total. The molecule has 1 aliphatic heterocycles. The Morgan fingerprint density at radius 1 is 1.77 bits per heavy atom. The average molecular weight is 183 g/mol. The molecule has 0 aromatic carbocycles. The van der Waals surface area contributed by atoms with Crippen LogP contribution in [0.15, 0.2) is 9.32 Å². The molecule has 0 saturated carbocycles. The molecule has 1 atom stereocenters. The largest absolute Gasteiger partial charge is 0.377 e. The molecule has 0 aliphatic carbocycles. The van der Waals surface area contributed by atoms with Crippen molar-refractivity contribution in [1.29, 1.82) is 0 Å². The normalized spacial score (nSPS) is 23.9. The highest BCUT2D eigenvalue weighted by atomic mass is 16.5. The molecule has 1 unspecified atom stereocenters. The molecule has 0 amide bonds. The van der Waals surface area contributed by atoms with E-state index in [1.165, 1.54) is 0 Å². The van der Waals surface area contributed by atoms with Gasteiger partial charge in [-0.05, 0) is 25.9 Å². The first kappa shape index (κ1) is 8.50. The van der Waals surface area contributed by atoms with Crippen molar-refractivity contribution in [3.8, 4) is 0 Å². The second kappa shape index (κ2) is 3.33. The van der Waals surface area contributed by atoms with Gasteiger partial charge in [-0.25, -0.2) is 4.79 Å². The molecular formula is C8H13N3O2. The zero-order valence-electron chi connectivity index (χ0n) is 7.62. The van der Waals surface area contributed by atoms with Crippen LogP contribution in [0, 0.1) is 0 Å². The average Bonchev–Trinajstić information content (AvgIpc) is 2.71. The van der Waals surface area contributed by atoms with Crippen molar-refractivity contribution in [3.05, 3.63) is 16.4 Å². The Morgan fingerprint density at radius 3 is 3.23 bits per heavy atom. The Kier molecular flexibility index (Phi) is 2.18. The highest BCUT2D eigenvalue weighted by molar-refractivity contribution is 4.92. The van der Waals surface area contributed by atoms with Crippen LogP contribution < -0.4 is 5.69 Å². The maximum atomic E-state index is 10.8. The lowest BCUT2D eigenvalue weighted by Gasteiger charge is -2.18. The number of hydrogen-bond donors (Lipinski definition) is 1. The molecule has 1 N–H and O–H groups in total. The van der Waals surface area contributed by atoms with E-state index in [0.29, 0.717) is 5.89 Å². The van der Waals surface area contributed by atoms with Crippen molar-refractivity contribution < 1.29 is 4.52 Å². The van der Waals surface area contributed by atoms with Crippen LogP contribution in [0.5, 0.6) is 0 Å². The summed E-state index contributed by atoms with van der Waals surface area (Å²) in [6.45, 7) is 4.14. The number of hydrogen-bond acceptors (Lipinski definition) is 4. The molecule has 1 aromatic heterocycles. The molecule has 1 fully saturated rings.